The average Bonchev–Trinajstić information content (AvgIpc) is 2.61. The lowest BCUT2D eigenvalue weighted by Gasteiger charge is -2.11. The molecule has 9 heteroatoms. The number of hydrogen-bond donors (Lipinski definition) is 3. The number of carbonyl (C=O) groups is 2. The third kappa shape index (κ3) is 3.52. The van der Waals surface area contributed by atoms with Crippen LogP contribution in [0.2, 0.25) is 0 Å². The molecule has 0 saturated heterocycles. The van der Waals surface area contributed by atoms with Crippen LogP contribution in [-0.4, -0.2) is 22.0 Å². The van der Waals surface area contributed by atoms with Gasteiger partial charge in [0.25, 0.3) is 5.91 Å². The van der Waals surface area contributed by atoms with Crippen molar-refractivity contribution in [3.63, 3.8) is 0 Å². The van der Waals surface area contributed by atoms with Gasteiger partial charge in [0.1, 0.15) is 5.56 Å². The monoisotopic (exact) mass is 376 g/mol. The quantitative estimate of drug-likeness (QED) is 0.651. The molecule has 0 unspecified atom stereocenters. The van der Waals surface area contributed by atoms with E-state index in [1.165, 1.54) is 30.3 Å². The van der Waals surface area contributed by atoms with E-state index in [0.29, 0.717) is 0 Å². The maximum absolute atomic E-state index is 13.0. The smallest absolute Gasteiger partial charge is 0.418 e. The summed E-state index contributed by atoms with van der Waals surface area (Å²) in [5.74, 6) is -1.97. The van der Waals surface area contributed by atoms with Crippen molar-refractivity contribution in [2.45, 2.75) is 6.18 Å². The normalized spacial score (nSPS) is 11.4. The highest BCUT2D eigenvalue weighted by molar-refractivity contribution is 6.06. The van der Waals surface area contributed by atoms with Gasteiger partial charge in [0, 0.05) is 17.3 Å². The SMILES string of the molecule is O=C(O)c1ccc(NC(=O)c2c[nH]c3c(C(F)(F)F)cccc3c2=O)cc1. The minimum Gasteiger partial charge on any atom is -0.478 e. The molecular formula is C18H11F3N2O4. The summed E-state index contributed by atoms with van der Waals surface area (Å²) in [6.45, 7) is 0. The van der Waals surface area contributed by atoms with Gasteiger partial charge in [-0.3, -0.25) is 9.59 Å². The molecule has 0 aliphatic rings. The van der Waals surface area contributed by atoms with E-state index in [2.05, 4.69) is 10.3 Å². The summed E-state index contributed by atoms with van der Waals surface area (Å²) < 4.78 is 39.1. The van der Waals surface area contributed by atoms with Crippen molar-refractivity contribution >= 4 is 28.5 Å². The molecule has 2 aromatic carbocycles. The number of carbonyl (C=O) groups excluding carboxylic acids is 1. The maximum Gasteiger partial charge on any atom is 0.418 e. The number of carboxylic acid groups (broad SMARTS) is 1. The Labute approximate surface area is 149 Å². The lowest BCUT2D eigenvalue weighted by Crippen LogP contribution is -2.22. The molecule has 0 fully saturated rings. The number of benzene rings is 2. The Balaban J connectivity index is 1.97. The number of pyridine rings is 1. The Morgan fingerprint density at radius 2 is 1.70 bits per heavy atom. The summed E-state index contributed by atoms with van der Waals surface area (Å²) in [6.07, 6.45) is -3.74. The Morgan fingerprint density at radius 3 is 2.30 bits per heavy atom. The van der Waals surface area contributed by atoms with Gasteiger partial charge in [-0.15, -0.1) is 0 Å². The fourth-order valence-corrected chi connectivity index (χ4v) is 2.55. The minimum atomic E-state index is -4.65. The van der Waals surface area contributed by atoms with Crippen LogP contribution in [0.1, 0.15) is 26.3 Å². The van der Waals surface area contributed by atoms with Gasteiger partial charge in [-0.2, -0.15) is 13.2 Å². The number of carboxylic acids is 1. The molecule has 0 aliphatic heterocycles. The Bertz CT molecular complexity index is 1100. The highest BCUT2D eigenvalue weighted by Gasteiger charge is 2.33. The van der Waals surface area contributed by atoms with Gasteiger partial charge in [0.05, 0.1) is 16.6 Å². The van der Waals surface area contributed by atoms with Gasteiger partial charge >= 0.3 is 12.1 Å². The molecular weight excluding hydrogens is 365 g/mol. The fraction of sp³-hybridized carbons (Fsp3) is 0.0556. The number of fused-ring (bicyclic) bond motifs is 1. The van der Waals surface area contributed by atoms with E-state index in [4.69, 9.17) is 5.11 Å². The van der Waals surface area contributed by atoms with Crippen molar-refractivity contribution in [3.8, 4) is 0 Å². The maximum atomic E-state index is 13.0. The molecule has 3 N–H and O–H groups in total. The summed E-state index contributed by atoms with van der Waals surface area (Å²) in [4.78, 5) is 37.9. The molecule has 1 aromatic heterocycles. The first-order valence-electron chi connectivity index (χ1n) is 7.55. The number of H-pyrrole nitrogens is 1. The largest absolute Gasteiger partial charge is 0.478 e. The Hall–Kier alpha value is -3.62. The third-order valence-corrected chi connectivity index (χ3v) is 3.85. The van der Waals surface area contributed by atoms with Gasteiger partial charge in [-0.25, -0.2) is 4.79 Å². The number of anilines is 1. The van der Waals surface area contributed by atoms with E-state index in [0.717, 1.165) is 18.3 Å². The van der Waals surface area contributed by atoms with E-state index < -0.39 is 34.6 Å². The lowest BCUT2D eigenvalue weighted by molar-refractivity contribution is -0.136. The van der Waals surface area contributed by atoms with Crippen LogP contribution in [-0.2, 0) is 6.18 Å². The van der Waals surface area contributed by atoms with Crippen molar-refractivity contribution in [1.82, 2.24) is 4.98 Å². The Kier molecular flexibility index (Phi) is 4.44. The van der Waals surface area contributed by atoms with E-state index in [1.54, 1.807) is 0 Å². The molecule has 0 aliphatic carbocycles. The van der Waals surface area contributed by atoms with Crippen LogP contribution in [0, 0.1) is 0 Å². The van der Waals surface area contributed by atoms with E-state index in [1.807, 2.05) is 0 Å². The number of para-hydroxylation sites is 1. The molecule has 6 nitrogen and oxygen atoms in total. The molecule has 0 radical (unpaired) electrons. The first-order chi connectivity index (χ1) is 12.7. The fourth-order valence-electron chi connectivity index (χ4n) is 2.55. The molecule has 1 amide bonds. The molecule has 0 bridgehead atoms. The van der Waals surface area contributed by atoms with Gasteiger partial charge in [0.15, 0.2) is 0 Å². The van der Waals surface area contributed by atoms with Crippen molar-refractivity contribution in [2.24, 2.45) is 0 Å². The zero-order valence-electron chi connectivity index (χ0n) is 13.4. The molecule has 3 aromatic rings. The van der Waals surface area contributed by atoms with Crippen molar-refractivity contribution < 1.29 is 27.9 Å². The number of amides is 1. The second-order valence-electron chi connectivity index (χ2n) is 5.59. The standard InChI is InChI=1S/C18H11F3N2O4/c19-18(20,21)13-3-1-2-11-14(13)22-8-12(15(11)24)16(25)23-10-6-4-9(5-7-10)17(26)27/h1-8H,(H,22,24)(H,23,25)(H,26,27). The first kappa shape index (κ1) is 18.2. The summed E-state index contributed by atoms with van der Waals surface area (Å²) >= 11 is 0. The van der Waals surface area contributed by atoms with Crippen LogP contribution in [0.4, 0.5) is 18.9 Å². The van der Waals surface area contributed by atoms with E-state index >= 15 is 0 Å². The van der Waals surface area contributed by atoms with Crippen LogP contribution in [0.15, 0.2) is 53.5 Å². The van der Waals surface area contributed by atoms with Gasteiger partial charge in [-0.1, -0.05) is 6.07 Å². The molecule has 0 spiro atoms. The summed E-state index contributed by atoms with van der Waals surface area (Å²) in [5.41, 5.74) is -2.39. The number of halogens is 3. The number of aromatic amines is 1. The zero-order valence-corrected chi connectivity index (χ0v) is 13.4. The van der Waals surface area contributed by atoms with Crippen LogP contribution in [0.5, 0.6) is 0 Å². The van der Waals surface area contributed by atoms with Crippen LogP contribution in [0.25, 0.3) is 10.9 Å². The van der Waals surface area contributed by atoms with Crippen LogP contribution in [0.3, 0.4) is 0 Å². The van der Waals surface area contributed by atoms with Crippen LogP contribution < -0.4 is 10.7 Å². The van der Waals surface area contributed by atoms with Gasteiger partial charge in [-0.05, 0) is 36.4 Å². The molecule has 27 heavy (non-hydrogen) atoms. The number of nitrogens with one attached hydrogen (secondary N) is 2. The highest BCUT2D eigenvalue weighted by Crippen LogP contribution is 2.33. The van der Waals surface area contributed by atoms with Gasteiger partial charge < -0.3 is 15.4 Å². The second kappa shape index (κ2) is 6.60. The average molecular weight is 376 g/mol. The van der Waals surface area contributed by atoms with Crippen LogP contribution >= 0.6 is 0 Å². The first-order valence-corrected chi connectivity index (χ1v) is 7.55. The summed E-state index contributed by atoms with van der Waals surface area (Å²) in [7, 11) is 0. The number of aromatic carboxylic acids is 1. The Morgan fingerprint density at radius 1 is 1.04 bits per heavy atom. The van der Waals surface area contributed by atoms with Crippen molar-refractivity contribution in [3.05, 3.63) is 75.6 Å². The van der Waals surface area contributed by atoms with E-state index in [-0.39, 0.29) is 22.2 Å². The number of hydrogen-bond acceptors (Lipinski definition) is 3. The third-order valence-electron chi connectivity index (χ3n) is 3.85. The zero-order chi connectivity index (χ0) is 19.8. The van der Waals surface area contributed by atoms with E-state index in [9.17, 15) is 27.6 Å². The number of aromatic nitrogens is 1. The number of alkyl halides is 3. The van der Waals surface area contributed by atoms with Gasteiger partial charge in [0.2, 0.25) is 5.43 Å². The van der Waals surface area contributed by atoms with Crippen molar-refractivity contribution in [2.75, 3.05) is 5.32 Å². The predicted octanol–water partition coefficient (Wildman–Crippen LogP) is 3.50. The molecule has 3 rings (SSSR count). The predicted molar refractivity (Wildman–Crippen MR) is 90.9 cm³/mol. The highest BCUT2D eigenvalue weighted by atomic mass is 19.4. The molecule has 0 saturated carbocycles. The second-order valence-corrected chi connectivity index (χ2v) is 5.59. The molecule has 1 heterocycles. The summed E-state index contributed by atoms with van der Waals surface area (Å²) in [6, 6.07) is 8.31. The molecule has 138 valence electrons. The minimum absolute atomic E-state index is 0.0104. The van der Waals surface area contributed by atoms with Crippen molar-refractivity contribution in [1.29, 1.82) is 0 Å². The molecule has 0 atom stereocenters. The topological polar surface area (TPSA) is 99.3 Å². The lowest BCUT2D eigenvalue weighted by atomic mass is 10.1. The summed E-state index contributed by atoms with van der Waals surface area (Å²) in [5, 5.41) is 11.0. The number of rotatable bonds is 3.